The van der Waals surface area contributed by atoms with Crippen molar-refractivity contribution in [2.45, 2.75) is 27.2 Å². The third-order valence-electron chi connectivity index (χ3n) is 9.10. The first-order valence-electron chi connectivity index (χ1n) is 17.5. The van der Waals surface area contributed by atoms with Gasteiger partial charge in [0.05, 0.1) is 0 Å². The Morgan fingerprint density at radius 1 is 0.549 bits per heavy atom. The molecule has 9 rings (SSSR count). The molecule has 0 bridgehead atoms. The molecule has 1 aliphatic carbocycles. The molecule has 0 saturated carbocycles. The van der Waals surface area contributed by atoms with Crippen molar-refractivity contribution in [2.24, 2.45) is 5.73 Å². The molecule has 0 aliphatic heterocycles. The number of thiophene rings is 1. The summed E-state index contributed by atoms with van der Waals surface area (Å²) in [5.41, 5.74) is 16.4. The Morgan fingerprint density at radius 2 is 1.16 bits per heavy atom. The summed E-state index contributed by atoms with van der Waals surface area (Å²) in [5, 5.41) is 2.49. The maximum Gasteiger partial charge on any atom is 0.165 e. The van der Waals surface area contributed by atoms with Crippen LogP contribution in [0.15, 0.2) is 140 Å². The Balaban J connectivity index is 0.000000983. The van der Waals surface area contributed by atoms with Gasteiger partial charge in [0.2, 0.25) is 0 Å². The first-order valence-corrected chi connectivity index (χ1v) is 18.3. The van der Waals surface area contributed by atoms with Gasteiger partial charge < -0.3 is 5.73 Å². The molecule has 51 heavy (non-hydrogen) atoms. The fourth-order valence-corrected chi connectivity index (χ4v) is 8.16. The predicted molar refractivity (Wildman–Crippen MR) is 219 cm³/mol. The molecular weight excluding hydrogens is 641 g/mol. The number of fused-ring (bicyclic) bond motifs is 6. The summed E-state index contributed by atoms with van der Waals surface area (Å²) >= 11 is 1.80. The molecule has 5 heteroatoms. The molecule has 1 aliphatic rings. The van der Waals surface area contributed by atoms with Crippen LogP contribution in [0.4, 0.5) is 0 Å². The van der Waals surface area contributed by atoms with E-state index in [0.717, 1.165) is 23.1 Å². The van der Waals surface area contributed by atoms with Gasteiger partial charge in [-0.25, -0.2) is 15.0 Å². The summed E-state index contributed by atoms with van der Waals surface area (Å²) in [4.78, 5) is 15.5. The second-order valence-electron chi connectivity index (χ2n) is 11.9. The Morgan fingerprint density at radius 3 is 1.94 bits per heavy atom. The maximum absolute atomic E-state index is 5.26. The van der Waals surface area contributed by atoms with Crippen molar-refractivity contribution >= 4 is 37.6 Å². The van der Waals surface area contributed by atoms with Crippen LogP contribution in [0.5, 0.6) is 0 Å². The number of allylic oxidation sites excluding steroid dienone is 1. The number of benzene rings is 6. The van der Waals surface area contributed by atoms with Gasteiger partial charge >= 0.3 is 0 Å². The Kier molecular flexibility index (Phi) is 9.93. The number of hydrogen-bond donors (Lipinski definition) is 1. The van der Waals surface area contributed by atoms with E-state index < -0.39 is 0 Å². The quantitative estimate of drug-likeness (QED) is 0.196. The molecule has 2 heterocycles. The van der Waals surface area contributed by atoms with Crippen LogP contribution in [-0.2, 0) is 6.42 Å². The lowest BCUT2D eigenvalue weighted by Crippen LogP contribution is -2.01. The second-order valence-corrected chi connectivity index (χ2v) is 13.0. The largest absolute Gasteiger partial charge is 0.333 e. The van der Waals surface area contributed by atoms with E-state index in [0.29, 0.717) is 17.5 Å². The SMILES string of the molecule is C/C=C/c1ccc(-c2cccc3c2Cc2cccc(-c4nc(-c5ccccc5)nc(-c5cccc6c5sc5ccccc56)n4)c2-3)cc1.CC.CN. The lowest BCUT2D eigenvalue weighted by Gasteiger charge is -2.13. The van der Waals surface area contributed by atoms with Crippen LogP contribution in [0.1, 0.15) is 37.5 Å². The third kappa shape index (κ3) is 6.27. The molecule has 0 amide bonds. The standard InChI is InChI=1S/C43H29N3S.C2H6.CH5N/c1-2-11-27-22-24-28(25-23-27)31-16-9-17-33-37(31)26-30-14-8-19-35(39(30)33)42-44-41(29-12-4-3-5-13-29)45-43(46-42)36-20-10-18-34-32-15-6-7-21-38(32)47-40(34)36;2*1-2/h2-25H,26H2,1H3;1-2H3;2H2,1H3/b11-2+;;. The fourth-order valence-electron chi connectivity index (χ4n) is 6.95. The van der Waals surface area contributed by atoms with Gasteiger partial charge in [0.1, 0.15) is 0 Å². The lowest BCUT2D eigenvalue weighted by atomic mass is 9.94. The minimum Gasteiger partial charge on any atom is -0.333 e. The zero-order valence-electron chi connectivity index (χ0n) is 29.4. The number of hydrogen-bond acceptors (Lipinski definition) is 5. The van der Waals surface area contributed by atoms with Crippen molar-refractivity contribution in [3.05, 3.63) is 156 Å². The van der Waals surface area contributed by atoms with E-state index in [-0.39, 0.29) is 0 Å². The number of rotatable bonds is 5. The van der Waals surface area contributed by atoms with Crippen LogP contribution in [0.3, 0.4) is 0 Å². The van der Waals surface area contributed by atoms with Gasteiger partial charge in [-0.2, -0.15) is 0 Å². The molecule has 4 nitrogen and oxygen atoms in total. The van der Waals surface area contributed by atoms with Crippen LogP contribution < -0.4 is 5.73 Å². The van der Waals surface area contributed by atoms with Crippen LogP contribution in [0, 0.1) is 0 Å². The van der Waals surface area contributed by atoms with Crippen LogP contribution in [-0.4, -0.2) is 22.0 Å². The highest BCUT2D eigenvalue weighted by Gasteiger charge is 2.26. The monoisotopic (exact) mass is 680 g/mol. The van der Waals surface area contributed by atoms with Crippen LogP contribution in [0.2, 0.25) is 0 Å². The lowest BCUT2D eigenvalue weighted by molar-refractivity contribution is 1.08. The van der Waals surface area contributed by atoms with Crippen molar-refractivity contribution < 1.29 is 0 Å². The second kappa shape index (κ2) is 15.0. The first-order chi connectivity index (χ1) is 25.2. The molecule has 0 saturated heterocycles. The topological polar surface area (TPSA) is 64.7 Å². The number of aromatic nitrogens is 3. The van der Waals surface area contributed by atoms with E-state index in [4.69, 9.17) is 15.0 Å². The average molecular weight is 681 g/mol. The zero-order chi connectivity index (χ0) is 35.3. The Bertz CT molecular complexity index is 2500. The molecule has 6 aromatic carbocycles. The highest BCUT2D eigenvalue weighted by Crippen LogP contribution is 2.46. The van der Waals surface area contributed by atoms with E-state index in [9.17, 15) is 0 Å². The Hall–Kier alpha value is -5.75. The van der Waals surface area contributed by atoms with E-state index in [1.807, 2.05) is 32.0 Å². The van der Waals surface area contributed by atoms with E-state index >= 15 is 0 Å². The van der Waals surface area contributed by atoms with Gasteiger partial charge in [0.25, 0.3) is 0 Å². The fraction of sp³-hybridized carbons (Fsp3) is 0.109. The highest BCUT2D eigenvalue weighted by atomic mass is 32.1. The minimum absolute atomic E-state index is 0.675. The van der Waals surface area contributed by atoms with Gasteiger partial charge in [-0.1, -0.05) is 147 Å². The molecule has 8 aromatic rings. The van der Waals surface area contributed by atoms with E-state index in [1.54, 1.807) is 11.3 Å². The molecule has 0 fully saturated rings. The van der Waals surface area contributed by atoms with Gasteiger partial charge in [0, 0.05) is 36.9 Å². The molecule has 2 N–H and O–H groups in total. The molecule has 2 aromatic heterocycles. The van der Waals surface area contributed by atoms with Gasteiger partial charge in [0.15, 0.2) is 17.5 Å². The minimum atomic E-state index is 0.675. The van der Waals surface area contributed by atoms with Gasteiger partial charge in [-0.15, -0.1) is 11.3 Å². The molecule has 0 atom stereocenters. The zero-order valence-corrected chi connectivity index (χ0v) is 30.2. The molecule has 0 radical (unpaired) electrons. The van der Waals surface area contributed by atoms with Crippen LogP contribution >= 0.6 is 11.3 Å². The average Bonchev–Trinajstić information content (AvgIpc) is 3.79. The molecule has 0 unspecified atom stereocenters. The summed E-state index contributed by atoms with van der Waals surface area (Å²) in [6.07, 6.45) is 5.08. The summed E-state index contributed by atoms with van der Waals surface area (Å²) in [6.45, 7) is 6.05. The number of nitrogens with zero attached hydrogens (tertiary/aromatic N) is 3. The maximum atomic E-state index is 5.26. The van der Waals surface area contributed by atoms with Crippen molar-refractivity contribution in [1.82, 2.24) is 15.0 Å². The molecule has 0 spiro atoms. The van der Waals surface area contributed by atoms with Crippen molar-refractivity contribution in [3.8, 4) is 56.4 Å². The summed E-state index contributed by atoms with van der Waals surface area (Å²) in [7, 11) is 1.50. The van der Waals surface area contributed by atoms with Gasteiger partial charge in [-0.3, -0.25) is 0 Å². The number of nitrogens with two attached hydrogens (primary N) is 1. The first kappa shape index (κ1) is 33.7. The highest BCUT2D eigenvalue weighted by molar-refractivity contribution is 7.26. The Labute approximate surface area is 304 Å². The van der Waals surface area contributed by atoms with E-state index in [2.05, 4.69) is 140 Å². The normalized spacial score (nSPS) is 11.5. The van der Waals surface area contributed by atoms with Crippen molar-refractivity contribution in [2.75, 3.05) is 7.05 Å². The van der Waals surface area contributed by atoms with Crippen molar-refractivity contribution in [1.29, 1.82) is 0 Å². The smallest absolute Gasteiger partial charge is 0.165 e. The van der Waals surface area contributed by atoms with Crippen molar-refractivity contribution in [3.63, 3.8) is 0 Å². The van der Waals surface area contributed by atoms with E-state index in [1.165, 1.54) is 66.2 Å². The van der Waals surface area contributed by atoms with Gasteiger partial charge in [-0.05, 0) is 71.5 Å². The summed E-state index contributed by atoms with van der Waals surface area (Å²) in [6, 6.07) is 47.4. The predicted octanol–water partition coefficient (Wildman–Crippen LogP) is 12.1. The molecular formula is C46H40N4S. The third-order valence-corrected chi connectivity index (χ3v) is 10.3. The molecule has 250 valence electrons. The van der Waals surface area contributed by atoms with Crippen LogP contribution in [0.25, 0.3) is 82.7 Å². The summed E-state index contributed by atoms with van der Waals surface area (Å²) in [5.74, 6) is 2.06. The summed E-state index contributed by atoms with van der Waals surface area (Å²) < 4.78 is 2.45.